The first-order valence-electron chi connectivity index (χ1n) is 7.93. The smallest absolute Gasteiger partial charge is 0.225 e. The lowest BCUT2D eigenvalue weighted by Gasteiger charge is -2.12. The number of aromatic nitrogens is 3. The van der Waals surface area contributed by atoms with E-state index in [1.807, 2.05) is 31.3 Å². The summed E-state index contributed by atoms with van der Waals surface area (Å²) < 4.78 is 0. The molecule has 5 nitrogen and oxygen atoms in total. The van der Waals surface area contributed by atoms with Gasteiger partial charge in [-0.25, -0.2) is 4.98 Å². The quantitative estimate of drug-likeness (QED) is 0.739. The molecule has 0 aliphatic carbocycles. The molecule has 0 unspecified atom stereocenters. The topological polar surface area (TPSA) is 62.7 Å². The second-order valence-corrected chi connectivity index (χ2v) is 5.88. The predicted octanol–water partition coefficient (Wildman–Crippen LogP) is 4.15. The molecule has 0 aliphatic rings. The molecule has 122 valence electrons. The minimum Gasteiger partial charge on any atom is -0.350 e. The first-order chi connectivity index (χ1) is 11.6. The lowest BCUT2D eigenvalue weighted by molar-refractivity contribution is 1.02. The van der Waals surface area contributed by atoms with E-state index in [4.69, 9.17) is 0 Å². The van der Waals surface area contributed by atoms with Crippen LogP contribution < -0.4 is 10.6 Å². The molecule has 0 saturated heterocycles. The van der Waals surface area contributed by atoms with Gasteiger partial charge in [0.1, 0.15) is 5.82 Å². The number of anilines is 3. The van der Waals surface area contributed by atoms with E-state index in [1.165, 1.54) is 11.1 Å². The Morgan fingerprint density at radius 2 is 1.88 bits per heavy atom. The van der Waals surface area contributed by atoms with Crippen LogP contribution in [0.25, 0.3) is 0 Å². The van der Waals surface area contributed by atoms with Gasteiger partial charge in [-0.15, -0.1) is 0 Å². The Hall–Kier alpha value is -2.95. The molecule has 1 aromatic carbocycles. The van der Waals surface area contributed by atoms with E-state index < -0.39 is 0 Å². The van der Waals surface area contributed by atoms with Crippen LogP contribution in [-0.4, -0.2) is 15.0 Å². The zero-order chi connectivity index (χ0) is 16.9. The molecule has 0 aliphatic heterocycles. The number of nitrogens with zero attached hydrogens (tertiary/aromatic N) is 3. The van der Waals surface area contributed by atoms with E-state index in [1.54, 1.807) is 6.20 Å². The zero-order valence-electron chi connectivity index (χ0n) is 14.2. The normalized spacial score (nSPS) is 10.5. The molecule has 24 heavy (non-hydrogen) atoms. The number of nitrogens with one attached hydrogen (secondary N) is 2. The highest BCUT2D eigenvalue weighted by Gasteiger charge is 2.05. The number of hydrogen-bond acceptors (Lipinski definition) is 5. The van der Waals surface area contributed by atoms with Crippen molar-refractivity contribution < 1.29 is 0 Å². The molecule has 3 aromatic rings. The van der Waals surface area contributed by atoms with Crippen LogP contribution in [0.3, 0.4) is 0 Å². The van der Waals surface area contributed by atoms with Gasteiger partial charge in [-0.2, -0.15) is 4.98 Å². The third-order valence-corrected chi connectivity index (χ3v) is 3.68. The summed E-state index contributed by atoms with van der Waals surface area (Å²) in [5.74, 6) is 1.39. The summed E-state index contributed by atoms with van der Waals surface area (Å²) in [4.78, 5) is 13.1. The minimum absolute atomic E-state index is 0.603. The fourth-order valence-electron chi connectivity index (χ4n) is 2.40. The van der Waals surface area contributed by atoms with Crippen LogP contribution in [0.4, 0.5) is 17.5 Å². The van der Waals surface area contributed by atoms with E-state index in [0.717, 1.165) is 22.8 Å². The molecule has 0 bridgehead atoms. The first kappa shape index (κ1) is 15.9. The molecule has 0 saturated carbocycles. The number of hydrogen-bond donors (Lipinski definition) is 2. The maximum absolute atomic E-state index is 4.56. The SMILES string of the molecule is Cc1ccc(C)c(Nc2cc(C)nc(NCc3cccnc3)n2)c1. The van der Waals surface area contributed by atoms with Crippen molar-refractivity contribution in [2.45, 2.75) is 27.3 Å². The van der Waals surface area contributed by atoms with Crippen LogP contribution in [0, 0.1) is 20.8 Å². The number of benzene rings is 1. The Kier molecular flexibility index (Phi) is 4.70. The van der Waals surface area contributed by atoms with Gasteiger partial charge in [0.05, 0.1) is 0 Å². The molecular formula is C19H21N5. The van der Waals surface area contributed by atoms with E-state index in [0.29, 0.717) is 12.5 Å². The fourth-order valence-corrected chi connectivity index (χ4v) is 2.40. The van der Waals surface area contributed by atoms with Gasteiger partial charge < -0.3 is 10.6 Å². The maximum Gasteiger partial charge on any atom is 0.225 e. The minimum atomic E-state index is 0.603. The second-order valence-electron chi connectivity index (χ2n) is 5.88. The summed E-state index contributed by atoms with van der Waals surface area (Å²) in [5.41, 5.74) is 5.45. The van der Waals surface area contributed by atoms with Gasteiger partial charge in [-0.1, -0.05) is 18.2 Å². The summed E-state index contributed by atoms with van der Waals surface area (Å²) in [6.45, 7) is 6.76. The average Bonchev–Trinajstić information content (AvgIpc) is 2.57. The summed E-state index contributed by atoms with van der Waals surface area (Å²) in [6.07, 6.45) is 3.59. The lowest BCUT2D eigenvalue weighted by Crippen LogP contribution is -2.06. The fraction of sp³-hybridized carbons (Fsp3) is 0.211. The van der Waals surface area contributed by atoms with E-state index >= 15 is 0 Å². The van der Waals surface area contributed by atoms with E-state index in [9.17, 15) is 0 Å². The molecule has 3 rings (SSSR count). The molecule has 0 spiro atoms. The Morgan fingerprint density at radius 3 is 2.67 bits per heavy atom. The zero-order valence-corrected chi connectivity index (χ0v) is 14.2. The van der Waals surface area contributed by atoms with Crippen LogP contribution in [0.15, 0.2) is 48.8 Å². The molecule has 0 fully saturated rings. The molecule has 2 aromatic heterocycles. The Balaban J connectivity index is 1.77. The van der Waals surface area contributed by atoms with Crippen molar-refractivity contribution in [2.75, 3.05) is 10.6 Å². The molecular weight excluding hydrogens is 298 g/mol. The maximum atomic E-state index is 4.56. The van der Waals surface area contributed by atoms with Crippen LogP contribution in [0.2, 0.25) is 0 Å². The predicted molar refractivity (Wildman–Crippen MR) is 97.5 cm³/mol. The van der Waals surface area contributed by atoms with Gasteiger partial charge in [0, 0.05) is 36.4 Å². The van der Waals surface area contributed by atoms with E-state index in [2.05, 4.69) is 57.6 Å². The Labute approximate surface area is 142 Å². The Morgan fingerprint density at radius 1 is 1.00 bits per heavy atom. The van der Waals surface area contributed by atoms with Gasteiger partial charge in [-0.3, -0.25) is 4.98 Å². The summed E-state index contributed by atoms with van der Waals surface area (Å²) >= 11 is 0. The Bertz CT molecular complexity index is 830. The molecule has 2 heterocycles. The van der Waals surface area contributed by atoms with Crippen molar-refractivity contribution in [3.05, 3.63) is 71.2 Å². The summed E-state index contributed by atoms with van der Waals surface area (Å²) in [5, 5.41) is 6.64. The van der Waals surface area contributed by atoms with Crippen molar-refractivity contribution in [3.8, 4) is 0 Å². The highest BCUT2D eigenvalue weighted by Crippen LogP contribution is 2.21. The molecule has 0 radical (unpaired) electrons. The first-order valence-corrected chi connectivity index (χ1v) is 7.93. The largest absolute Gasteiger partial charge is 0.350 e. The summed E-state index contributed by atoms with van der Waals surface area (Å²) in [7, 11) is 0. The summed E-state index contributed by atoms with van der Waals surface area (Å²) in [6, 6.07) is 12.2. The van der Waals surface area contributed by atoms with Crippen LogP contribution >= 0.6 is 0 Å². The van der Waals surface area contributed by atoms with Gasteiger partial charge >= 0.3 is 0 Å². The standard InChI is InChI=1S/C19H21N5/c1-13-6-7-14(2)17(9-13)23-18-10-15(3)22-19(24-18)21-12-16-5-4-8-20-11-16/h4-11H,12H2,1-3H3,(H2,21,22,23,24). The highest BCUT2D eigenvalue weighted by atomic mass is 15.1. The highest BCUT2D eigenvalue weighted by molar-refractivity contribution is 5.62. The number of pyridine rings is 1. The van der Waals surface area contributed by atoms with Gasteiger partial charge in [0.2, 0.25) is 5.95 Å². The number of rotatable bonds is 5. The van der Waals surface area contributed by atoms with Gasteiger partial charge in [-0.05, 0) is 49.6 Å². The number of aryl methyl sites for hydroxylation is 3. The van der Waals surface area contributed by atoms with Crippen LogP contribution in [0.1, 0.15) is 22.4 Å². The van der Waals surface area contributed by atoms with Crippen LogP contribution in [-0.2, 0) is 6.54 Å². The van der Waals surface area contributed by atoms with Crippen molar-refractivity contribution in [3.63, 3.8) is 0 Å². The third-order valence-electron chi connectivity index (χ3n) is 3.68. The third kappa shape index (κ3) is 4.07. The van der Waals surface area contributed by atoms with Crippen molar-refractivity contribution >= 4 is 17.5 Å². The monoisotopic (exact) mass is 319 g/mol. The second kappa shape index (κ2) is 7.08. The lowest BCUT2D eigenvalue weighted by atomic mass is 10.1. The molecule has 2 N–H and O–H groups in total. The molecule has 0 amide bonds. The average molecular weight is 319 g/mol. The van der Waals surface area contributed by atoms with Crippen molar-refractivity contribution in [1.82, 2.24) is 15.0 Å². The molecule has 5 heteroatoms. The van der Waals surface area contributed by atoms with Gasteiger partial charge in [0.15, 0.2) is 0 Å². The van der Waals surface area contributed by atoms with Crippen molar-refractivity contribution in [1.29, 1.82) is 0 Å². The van der Waals surface area contributed by atoms with Crippen LogP contribution in [0.5, 0.6) is 0 Å². The van der Waals surface area contributed by atoms with Crippen molar-refractivity contribution in [2.24, 2.45) is 0 Å². The van der Waals surface area contributed by atoms with E-state index in [-0.39, 0.29) is 0 Å². The van der Waals surface area contributed by atoms with Gasteiger partial charge in [0.25, 0.3) is 0 Å². The molecule has 0 atom stereocenters.